The first-order valence-corrected chi connectivity index (χ1v) is 7.20. The minimum atomic E-state index is -1.50. The van der Waals surface area contributed by atoms with E-state index in [4.69, 9.17) is 4.74 Å². The SMILES string of the molecule is CCOC(=O)/C(=N/[S@@](=O)C(C)(C)C)c1ccccc1. The monoisotopic (exact) mass is 281 g/mol. The quantitative estimate of drug-likeness (QED) is 0.629. The summed E-state index contributed by atoms with van der Waals surface area (Å²) in [5.74, 6) is -0.550. The molecule has 0 heterocycles. The van der Waals surface area contributed by atoms with Crippen LogP contribution in [-0.2, 0) is 20.5 Å². The molecule has 1 atom stereocenters. The summed E-state index contributed by atoms with van der Waals surface area (Å²) in [6.45, 7) is 7.40. The summed E-state index contributed by atoms with van der Waals surface area (Å²) in [5.41, 5.74) is 0.717. The summed E-state index contributed by atoms with van der Waals surface area (Å²) in [7, 11) is -1.50. The van der Waals surface area contributed by atoms with Gasteiger partial charge in [-0.1, -0.05) is 30.3 Å². The summed E-state index contributed by atoms with van der Waals surface area (Å²) in [6.07, 6.45) is 0. The van der Waals surface area contributed by atoms with Crippen LogP contribution < -0.4 is 0 Å². The third-order valence-corrected chi connectivity index (χ3v) is 3.61. The molecule has 1 aromatic carbocycles. The van der Waals surface area contributed by atoms with Crippen molar-refractivity contribution >= 4 is 22.7 Å². The molecule has 0 aliphatic rings. The van der Waals surface area contributed by atoms with Gasteiger partial charge in [0, 0.05) is 5.56 Å². The van der Waals surface area contributed by atoms with Gasteiger partial charge in [-0.05, 0) is 27.7 Å². The number of esters is 1. The minimum Gasteiger partial charge on any atom is -0.461 e. The Labute approximate surface area is 116 Å². The van der Waals surface area contributed by atoms with Crippen molar-refractivity contribution in [3.63, 3.8) is 0 Å². The van der Waals surface area contributed by atoms with E-state index >= 15 is 0 Å². The molecule has 5 heteroatoms. The number of ether oxygens (including phenoxy) is 1. The maximum absolute atomic E-state index is 12.1. The molecular weight excluding hydrogens is 262 g/mol. The topological polar surface area (TPSA) is 55.7 Å². The van der Waals surface area contributed by atoms with E-state index in [-0.39, 0.29) is 12.3 Å². The number of hydrogen-bond donors (Lipinski definition) is 0. The number of benzene rings is 1. The Morgan fingerprint density at radius 2 is 1.84 bits per heavy atom. The predicted molar refractivity (Wildman–Crippen MR) is 77.5 cm³/mol. The van der Waals surface area contributed by atoms with Crippen LogP contribution in [0.25, 0.3) is 0 Å². The number of nitrogens with zero attached hydrogens (tertiary/aromatic N) is 1. The maximum atomic E-state index is 12.1. The van der Waals surface area contributed by atoms with E-state index in [1.54, 1.807) is 52.0 Å². The van der Waals surface area contributed by atoms with Gasteiger partial charge in [0.05, 0.1) is 11.4 Å². The number of carbonyl (C=O) groups excluding carboxylic acids is 1. The molecule has 104 valence electrons. The molecule has 4 nitrogen and oxygen atoms in total. The molecule has 0 aliphatic carbocycles. The molecule has 0 N–H and O–H groups in total. The van der Waals surface area contributed by atoms with Crippen molar-refractivity contribution in [3.05, 3.63) is 35.9 Å². The largest absolute Gasteiger partial charge is 0.461 e. The Kier molecular flexibility index (Phi) is 5.42. The van der Waals surface area contributed by atoms with E-state index in [0.29, 0.717) is 5.56 Å². The van der Waals surface area contributed by atoms with Crippen molar-refractivity contribution < 1.29 is 13.7 Å². The van der Waals surface area contributed by atoms with Gasteiger partial charge in [-0.25, -0.2) is 9.00 Å². The first kappa shape index (κ1) is 15.6. The minimum absolute atomic E-state index is 0.107. The molecule has 1 rings (SSSR count). The molecule has 0 spiro atoms. The van der Waals surface area contributed by atoms with Crippen molar-refractivity contribution in [1.82, 2.24) is 0 Å². The number of hydrogen-bond acceptors (Lipinski definition) is 3. The molecular formula is C14H19NO3S. The van der Waals surface area contributed by atoms with Crippen molar-refractivity contribution in [2.45, 2.75) is 32.4 Å². The van der Waals surface area contributed by atoms with Crippen LogP contribution in [0.3, 0.4) is 0 Å². The van der Waals surface area contributed by atoms with Crippen LogP contribution in [0.1, 0.15) is 33.3 Å². The van der Waals surface area contributed by atoms with Crippen LogP contribution in [0.2, 0.25) is 0 Å². The van der Waals surface area contributed by atoms with Crippen molar-refractivity contribution in [3.8, 4) is 0 Å². The van der Waals surface area contributed by atoms with E-state index in [1.165, 1.54) is 0 Å². The molecule has 0 saturated heterocycles. The lowest BCUT2D eigenvalue weighted by atomic mass is 10.1. The van der Waals surface area contributed by atoms with Crippen LogP contribution in [-0.4, -0.2) is 27.2 Å². The lowest BCUT2D eigenvalue weighted by Crippen LogP contribution is -2.25. The highest BCUT2D eigenvalue weighted by molar-refractivity contribution is 7.85. The van der Waals surface area contributed by atoms with Crippen LogP contribution in [0.5, 0.6) is 0 Å². The zero-order valence-corrected chi connectivity index (χ0v) is 12.5. The molecule has 0 amide bonds. The molecule has 0 unspecified atom stereocenters. The van der Waals surface area contributed by atoms with Gasteiger partial charge in [0.1, 0.15) is 11.0 Å². The molecule has 0 aromatic heterocycles. The molecule has 0 radical (unpaired) electrons. The lowest BCUT2D eigenvalue weighted by Gasteiger charge is -2.14. The molecule has 0 bridgehead atoms. The highest BCUT2D eigenvalue weighted by Gasteiger charge is 2.23. The standard InChI is InChI=1S/C14H19NO3S/c1-5-18-13(16)12(11-9-7-6-8-10-11)15-19(17)14(2,3)4/h6-10H,5H2,1-4H3/b15-12+/t19-/m0/s1. The fourth-order valence-corrected chi connectivity index (χ4v) is 1.84. The van der Waals surface area contributed by atoms with Crippen LogP contribution in [0.15, 0.2) is 34.7 Å². The van der Waals surface area contributed by atoms with Gasteiger partial charge in [-0.3, -0.25) is 0 Å². The Hall–Kier alpha value is -1.49. The molecule has 19 heavy (non-hydrogen) atoms. The van der Waals surface area contributed by atoms with Crippen LogP contribution in [0.4, 0.5) is 0 Å². The zero-order valence-electron chi connectivity index (χ0n) is 11.7. The highest BCUT2D eigenvalue weighted by Crippen LogP contribution is 2.14. The average Bonchev–Trinajstić information content (AvgIpc) is 2.35. The van der Waals surface area contributed by atoms with Crippen molar-refractivity contribution in [2.75, 3.05) is 6.61 Å². The van der Waals surface area contributed by atoms with Crippen LogP contribution >= 0.6 is 0 Å². The second kappa shape index (κ2) is 6.61. The smallest absolute Gasteiger partial charge is 0.358 e. The number of rotatable bonds is 4. The zero-order chi connectivity index (χ0) is 14.5. The van der Waals surface area contributed by atoms with E-state index in [9.17, 15) is 9.00 Å². The molecule has 0 aliphatic heterocycles. The average molecular weight is 281 g/mol. The number of carbonyl (C=O) groups is 1. The van der Waals surface area contributed by atoms with Gasteiger partial charge in [-0.2, -0.15) is 4.40 Å². The lowest BCUT2D eigenvalue weighted by molar-refractivity contribution is -0.134. The van der Waals surface area contributed by atoms with E-state index in [0.717, 1.165) is 0 Å². The first-order valence-electron chi connectivity index (χ1n) is 6.09. The highest BCUT2D eigenvalue weighted by atomic mass is 32.2. The Morgan fingerprint density at radius 1 is 1.26 bits per heavy atom. The normalized spacial score (nSPS) is 14.0. The first-order chi connectivity index (χ1) is 8.86. The van der Waals surface area contributed by atoms with Crippen molar-refractivity contribution in [1.29, 1.82) is 0 Å². The second-order valence-corrected chi connectivity index (χ2v) is 6.79. The van der Waals surface area contributed by atoms with E-state index in [2.05, 4.69) is 4.40 Å². The summed E-state index contributed by atoms with van der Waals surface area (Å²) in [4.78, 5) is 11.9. The predicted octanol–water partition coefficient (Wildman–Crippen LogP) is 2.50. The van der Waals surface area contributed by atoms with Gasteiger partial charge in [-0.15, -0.1) is 0 Å². The third kappa shape index (κ3) is 4.59. The van der Waals surface area contributed by atoms with Crippen molar-refractivity contribution in [2.24, 2.45) is 4.40 Å². The maximum Gasteiger partial charge on any atom is 0.358 e. The Balaban J connectivity index is 3.18. The fourth-order valence-electron chi connectivity index (χ4n) is 1.22. The van der Waals surface area contributed by atoms with Gasteiger partial charge < -0.3 is 4.74 Å². The molecule has 1 aromatic rings. The summed E-state index contributed by atoms with van der Waals surface area (Å²) >= 11 is 0. The van der Waals surface area contributed by atoms with E-state index < -0.39 is 21.7 Å². The Morgan fingerprint density at radius 3 is 2.32 bits per heavy atom. The van der Waals surface area contributed by atoms with Gasteiger partial charge in [0.2, 0.25) is 0 Å². The third-order valence-electron chi connectivity index (χ3n) is 2.21. The molecule has 0 fully saturated rings. The second-order valence-electron chi connectivity index (χ2n) is 4.89. The van der Waals surface area contributed by atoms with Gasteiger partial charge in [0.25, 0.3) is 0 Å². The van der Waals surface area contributed by atoms with Gasteiger partial charge in [0.15, 0.2) is 5.71 Å². The van der Waals surface area contributed by atoms with Gasteiger partial charge >= 0.3 is 5.97 Å². The van der Waals surface area contributed by atoms with Crippen LogP contribution in [0, 0.1) is 0 Å². The summed E-state index contributed by atoms with van der Waals surface area (Å²) in [6, 6.07) is 8.92. The fraction of sp³-hybridized carbons (Fsp3) is 0.429. The molecule has 0 saturated carbocycles. The summed E-state index contributed by atoms with van der Waals surface area (Å²) in [5, 5.41) is 0. The summed E-state index contributed by atoms with van der Waals surface area (Å²) < 4.78 is 20.6. The van der Waals surface area contributed by atoms with E-state index in [1.807, 2.05) is 6.07 Å². The Bertz CT molecular complexity index is 489.